The van der Waals surface area contributed by atoms with Crippen LogP contribution in [0, 0.1) is 22.7 Å². The molecule has 3 heterocycles. The summed E-state index contributed by atoms with van der Waals surface area (Å²) in [6.07, 6.45) is 6.94. The van der Waals surface area contributed by atoms with Gasteiger partial charge in [0.15, 0.2) is 0 Å². The van der Waals surface area contributed by atoms with Gasteiger partial charge in [-0.05, 0) is 25.7 Å². The third-order valence-electron chi connectivity index (χ3n) is 8.45. The molecule has 2 saturated heterocycles. The van der Waals surface area contributed by atoms with Crippen LogP contribution in [0.1, 0.15) is 69.5 Å². The maximum atomic E-state index is 13.8. The molecule has 2 N–H and O–H groups in total. The van der Waals surface area contributed by atoms with Crippen LogP contribution in [0.2, 0.25) is 0 Å². The molecule has 216 valence electrons. The Kier molecular flexibility index (Phi) is 9.00. The van der Waals surface area contributed by atoms with E-state index in [2.05, 4.69) is 15.6 Å². The largest absolute Gasteiger partial charge is 0.376 e. The predicted molar refractivity (Wildman–Crippen MR) is 148 cm³/mol. The zero-order chi connectivity index (χ0) is 28.4. The second-order valence-electron chi connectivity index (χ2n) is 12.5. The van der Waals surface area contributed by atoms with E-state index in [1.807, 2.05) is 27.7 Å². The van der Waals surface area contributed by atoms with Crippen LogP contribution in [0.15, 0.2) is 11.7 Å². The summed E-state index contributed by atoms with van der Waals surface area (Å²) in [4.78, 5) is 60.8. The summed E-state index contributed by atoms with van der Waals surface area (Å²) in [5, 5.41) is 5.62. The Hall–Kier alpha value is -2.53. The van der Waals surface area contributed by atoms with E-state index in [4.69, 9.17) is 4.74 Å². The van der Waals surface area contributed by atoms with Gasteiger partial charge >= 0.3 is 0 Å². The zero-order valence-electron chi connectivity index (χ0n) is 23.8. The molecule has 0 bridgehead atoms. The highest BCUT2D eigenvalue weighted by atomic mass is 32.1. The van der Waals surface area contributed by atoms with Gasteiger partial charge in [0.1, 0.15) is 10.9 Å². The van der Waals surface area contributed by atoms with Crippen molar-refractivity contribution in [3.8, 4) is 0 Å². The molecule has 3 fully saturated rings. The van der Waals surface area contributed by atoms with Crippen molar-refractivity contribution in [2.75, 3.05) is 39.8 Å². The Bertz CT molecular complexity index is 1040. The Morgan fingerprint density at radius 1 is 1.13 bits per heavy atom. The molecule has 1 saturated carbocycles. The smallest absolute Gasteiger partial charge is 0.265 e. The molecule has 4 rings (SSSR count). The molecule has 10 nitrogen and oxygen atoms in total. The molecule has 4 amide bonds. The first kappa shape index (κ1) is 29.5. The van der Waals surface area contributed by atoms with E-state index in [1.54, 1.807) is 22.4 Å². The van der Waals surface area contributed by atoms with Crippen molar-refractivity contribution in [2.24, 2.45) is 22.7 Å². The maximum absolute atomic E-state index is 13.8. The second-order valence-corrected chi connectivity index (χ2v) is 13.4. The number of hydrogen-bond donors (Lipinski definition) is 2. The van der Waals surface area contributed by atoms with Crippen LogP contribution in [0.3, 0.4) is 0 Å². The van der Waals surface area contributed by atoms with Crippen molar-refractivity contribution in [2.45, 2.75) is 71.9 Å². The Morgan fingerprint density at radius 2 is 1.79 bits per heavy atom. The Labute approximate surface area is 235 Å². The van der Waals surface area contributed by atoms with Gasteiger partial charge in [-0.2, -0.15) is 0 Å². The van der Waals surface area contributed by atoms with Crippen molar-refractivity contribution in [1.29, 1.82) is 0 Å². The molecule has 0 aromatic carbocycles. The van der Waals surface area contributed by atoms with E-state index in [1.165, 1.54) is 36.8 Å². The lowest BCUT2D eigenvalue weighted by Gasteiger charge is -2.52. The molecule has 3 atom stereocenters. The van der Waals surface area contributed by atoms with Crippen LogP contribution in [0.25, 0.3) is 0 Å². The third-order valence-corrected chi connectivity index (χ3v) is 9.21. The van der Waals surface area contributed by atoms with Crippen molar-refractivity contribution < 1.29 is 23.9 Å². The first-order valence-corrected chi connectivity index (χ1v) is 14.9. The number of amides is 4. The van der Waals surface area contributed by atoms with Gasteiger partial charge < -0.3 is 25.2 Å². The molecule has 11 heteroatoms. The second kappa shape index (κ2) is 11.9. The Balaban J connectivity index is 1.48. The molecule has 1 aliphatic carbocycles. The number of nitrogens with one attached hydrogen (secondary N) is 2. The molecule has 0 radical (unpaired) electrons. The van der Waals surface area contributed by atoms with Gasteiger partial charge in [-0.3, -0.25) is 24.2 Å². The Morgan fingerprint density at radius 3 is 2.38 bits per heavy atom. The summed E-state index contributed by atoms with van der Waals surface area (Å²) in [7, 11) is 1.55. The van der Waals surface area contributed by atoms with Gasteiger partial charge in [0.25, 0.3) is 5.91 Å². The van der Waals surface area contributed by atoms with E-state index in [0.29, 0.717) is 37.0 Å². The third kappa shape index (κ3) is 6.45. The normalized spacial score (nSPS) is 22.7. The summed E-state index contributed by atoms with van der Waals surface area (Å²) in [6, 6.07) is -0.859. The number of ether oxygens (including phenoxy) is 1. The van der Waals surface area contributed by atoms with E-state index >= 15 is 0 Å². The standard InChI is InChI=1S/C28H43N5O5S/c1-18(38-13-19-9-7-6-8-10-19)22(24(35)29-5)31-23(34)20-12-32(25(36)21-11-30-17-39-21)14-28(20)15-33(16-28)26(37)27(2,3)4/h11,17-20,22H,6-10,12-16H2,1-5H3,(H,29,35)(H,31,34)/t18-,20+,22+/m1/s1. The molecule has 1 aromatic heterocycles. The van der Waals surface area contributed by atoms with E-state index in [0.717, 1.165) is 12.8 Å². The number of hydrogen-bond acceptors (Lipinski definition) is 7. The summed E-state index contributed by atoms with van der Waals surface area (Å²) < 4.78 is 6.12. The molecule has 1 spiro atoms. The van der Waals surface area contributed by atoms with Crippen molar-refractivity contribution in [3.05, 3.63) is 16.6 Å². The average Bonchev–Trinajstić information content (AvgIpc) is 3.57. The van der Waals surface area contributed by atoms with E-state index < -0.39 is 28.9 Å². The van der Waals surface area contributed by atoms with Gasteiger partial charge in [-0.1, -0.05) is 40.0 Å². The number of aromatic nitrogens is 1. The average molecular weight is 562 g/mol. The molecule has 0 unspecified atom stereocenters. The molecule has 39 heavy (non-hydrogen) atoms. The van der Waals surface area contributed by atoms with Crippen LogP contribution < -0.4 is 10.6 Å². The molecular formula is C28H43N5O5S. The van der Waals surface area contributed by atoms with Gasteiger partial charge in [0, 0.05) is 50.7 Å². The predicted octanol–water partition coefficient (Wildman–Crippen LogP) is 2.31. The van der Waals surface area contributed by atoms with Crippen LogP contribution in [-0.2, 0) is 19.1 Å². The van der Waals surface area contributed by atoms with Crippen molar-refractivity contribution >= 4 is 35.0 Å². The number of carbonyl (C=O) groups excluding carboxylic acids is 4. The molecule has 1 aromatic rings. The number of thiazole rings is 1. The van der Waals surface area contributed by atoms with Crippen LogP contribution >= 0.6 is 11.3 Å². The molecular weight excluding hydrogens is 518 g/mol. The molecule has 3 aliphatic rings. The number of rotatable bonds is 8. The summed E-state index contributed by atoms with van der Waals surface area (Å²) in [5.41, 5.74) is 0.509. The van der Waals surface area contributed by atoms with Gasteiger partial charge in [0.05, 0.1) is 23.7 Å². The summed E-state index contributed by atoms with van der Waals surface area (Å²) >= 11 is 1.26. The minimum absolute atomic E-state index is 0.0208. The lowest BCUT2D eigenvalue weighted by atomic mass is 9.70. The highest BCUT2D eigenvalue weighted by Gasteiger charge is 2.59. The summed E-state index contributed by atoms with van der Waals surface area (Å²) in [5.74, 6) is -0.835. The van der Waals surface area contributed by atoms with Crippen LogP contribution in [-0.4, -0.2) is 90.4 Å². The number of likely N-dealkylation sites (tertiary alicyclic amines) is 2. The highest BCUT2D eigenvalue weighted by Crippen LogP contribution is 2.46. The number of likely N-dealkylation sites (N-methyl/N-ethyl adjacent to an activating group) is 1. The van der Waals surface area contributed by atoms with Gasteiger partial charge in [-0.15, -0.1) is 11.3 Å². The minimum Gasteiger partial charge on any atom is -0.376 e. The van der Waals surface area contributed by atoms with Gasteiger partial charge in [-0.25, -0.2) is 0 Å². The molecule has 2 aliphatic heterocycles. The SMILES string of the molecule is CNC(=O)[C@@H](NC(=O)[C@@H]1CN(C(=O)c2cncs2)CC12CN(C(=O)C(C)(C)C)C2)[C@@H](C)OCC1CCCCC1. The first-order chi connectivity index (χ1) is 18.4. The monoisotopic (exact) mass is 561 g/mol. The lowest BCUT2D eigenvalue weighted by Crippen LogP contribution is -2.66. The first-order valence-electron chi connectivity index (χ1n) is 14.1. The van der Waals surface area contributed by atoms with E-state index in [9.17, 15) is 19.2 Å². The van der Waals surface area contributed by atoms with Gasteiger partial charge in [0.2, 0.25) is 17.7 Å². The fourth-order valence-corrected chi connectivity index (χ4v) is 6.74. The fraction of sp³-hybridized carbons (Fsp3) is 0.750. The number of nitrogens with zero attached hydrogens (tertiary/aromatic N) is 3. The number of carbonyl (C=O) groups is 4. The highest BCUT2D eigenvalue weighted by molar-refractivity contribution is 7.11. The van der Waals surface area contributed by atoms with E-state index in [-0.39, 0.29) is 30.2 Å². The van der Waals surface area contributed by atoms with Crippen molar-refractivity contribution in [1.82, 2.24) is 25.4 Å². The zero-order valence-corrected chi connectivity index (χ0v) is 24.6. The lowest BCUT2D eigenvalue weighted by molar-refractivity contribution is -0.157. The topological polar surface area (TPSA) is 121 Å². The fourth-order valence-electron chi connectivity index (χ4n) is 6.16. The minimum atomic E-state index is -0.859. The van der Waals surface area contributed by atoms with Crippen LogP contribution in [0.4, 0.5) is 0 Å². The maximum Gasteiger partial charge on any atom is 0.265 e. The van der Waals surface area contributed by atoms with Crippen LogP contribution in [0.5, 0.6) is 0 Å². The summed E-state index contributed by atoms with van der Waals surface area (Å²) in [6.45, 7) is 9.40. The quantitative estimate of drug-likeness (QED) is 0.503. The van der Waals surface area contributed by atoms with Crippen molar-refractivity contribution in [3.63, 3.8) is 0 Å².